The van der Waals surface area contributed by atoms with Gasteiger partial charge in [-0.3, -0.25) is 4.79 Å². The molecule has 0 spiro atoms. The highest BCUT2D eigenvalue weighted by atomic mass is 79.9. The van der Waals surface area contributed by atoms with E-state index in [9.17, 15) is 9.90 Å². The van der Waals surface area contributed by atoms with Crippen LogP contribution >= 0.6 is 50.7 Å². The van der Waals surface area contributed by atoms with E-state index in [4.69, 9.17) is 34.8 Å². The van der Waals surface area contributed by atoms with Crippen molar-refractivity contribution in [2.75, 3.05) is 0 Å². The maximum absolute atomic E-state index is 11.6. The standard InChI is InChI=1S/C9H6BrCl3O2/c10-6-3-1-5(2-4-6)7(14)8(15)9(11,12)13/h1-4,8,15H. The van der Waals surface area contributed by atoms with Gasteiger partial charge in [-0.2, -0.15) is 0 Å². The number of Topliss-reactive ketones (excluding diaryl/α,β-unsaturated/α-hetero) is 1. The molecule has 0 aliphatic carbocycles. The quantitative estimate of drug-likeness (QED) is 0.666. The first-order valence-corrected chi connectivity index (χ1v) is 5.79. The van der Waals surface area contributed by atoms with Gasteiger partial charge >= 0.3 is 0 Å². The molecule has 2 nitrogen and oxygen atoms in total. The van der Waals surface area contributed by atoms with E-state index in [2.05, 4.69) is 15.9 Å². The van der Waals surface area contributed by atoms with Gasteiger partial charge in [-0.05, 0) is 12.1 Å². The summed E-state index contributed by atoms with van der Waals surface area (Å²) in [5.74, 6) is -0.623. The van der Waals surface area contributed by atoms with Crippen LogP contribution in [0, 0.1) is 0 Å². The van der Waals surface area contributed by atoms with Gasteiger partial charge in [0.2, 0.25) is 3.79 Å². The Hall–Kier alpha value is 0.200. The molecular formula is C9H6BrCl3O2. The summed E-state index contributed by atoms with van der Waals surface area (Å²) in [5.41, 5.74) is 0.289. The molecule has 15 heavy (non-hydrogen) atoms. The summed E-state index contributed by atoms with van der Waals surface area (Å²) < 4.78 is -1.19. The Morgan fingerprint density at radius 1 is 1.27 bits per heavy atom. The second-order valence-electron chi connectivity index (χ2n) is 2.82. The number of halogens is 4. The average Bonchev–Trinajstić information content (AvgIpc) is 2.15. The van der Waals surface area contributed by atoms with Gasteiger partial charge in [0, 0.05) is 10.0 Å². The molecule has 0 aliphatic heterocycles. The molecule has 1 rings (SSSR count). The number of aliphatic hydroxyl groups is 1. The lowest BCUT2D eigenvalue weighted by Gasteiger charge is -2.17. The molecule has 82 valence electrons. The van der Waals surface area contributed by atoms with E-state index in [0.717, 1.165) is 4.47 Å². The van der Waals surface area contributed by atoms with Crippen molar-refractivity contribution in [2.45, 2.75) is 9.90 Å². The van der Waals surface area contributed by atoms with Crippen molar-refractivity contribution in [1.29, 1.82) is 0 Å². The maximum Gasteiger partial charge on any atom is 0.223 e. The third kappa shape index (κ3) is 3.61. The molecule has 6 heteroatoms. The molecule has 0 radical (unpaired) electrons. The number of hydrogen-bond acceptors (Lipinski definition) is 2. The number of benzene rings is 1. The summed E-state index contributed by atoms with van der Waals surface area (Å²) in [7, 11) is 0. The van der Waals surface area contributed by atoms with E-state index >= 15 is 0 Å². The molecule has 1 unspecified atom stereocenters. The lowest BCUT2D eigenvalue weighted by Crippen LogP contribution is -2.33. The van der Waals surface area contributed by atoms with Crippen molar-refractivity contribution in [1.82, 2.24) is 0 Å². The van der Waals surface area contributed by atoms with Gasteiger partial charge < -0.3 is 5.11 Å². The van der Waals surface area contributed by atoms with Crippen LogP contribution in [0.5, 0.6) is 0 Å². The van der Waals surface area contributed by atoms with E-state index in [-0.39, 0.29) is 5.56 Å². The van der Waals surface area contributed by atoms with Gasteiger partial charge in [0.1, 0.15) is 0 Å². The van der Waals surface area contributed by atoms with Crippen molar-refractivity contribution >= 4 is 56.5 Å². The van der Waals surface area contributed by atoms with Crippen LogP contribution in [0.4, 0.5) is 0 Å². The van der Waals surface area contributed by atoms with E-state index in [1.54, 1.807) is 12.1 Å². The first-order valence-electron chi connectivity index (χ1n) is 3.87. The Balaban J connectivity index is 2.90. The number of carbonyl (C=O) groups is 1. The Bertz CT molecular complexity index is 359. The first kappa shape index (κ1) is 13.3. The third-order valence-electron chi connectivity index (χ3n) is 1.69. The predicted octanol–water partition coefficient (Wildman–Crippen LogP) is 3.36. The minimum Gasteiger partial charge on any atom is -0.380 e. The van der Waals surface area contributed by atoms with E-state index < -0.39 is 15.7 Å². The summed E-state index contributed by atoms with van der Waals surface area (Å²) in [6.07, 6.45) is -1.66. The zero-order valence-corrected chi connectivity index (χ0v) is 11.1. The van der Waals surface area contributed by atoms with E-state index in [1.165, 1.54) is 12.1 Å². The van der Waals surface area contributed by atoms with Crippen molar-refractivity contribution < 1.29 is 9.90 Å². The molecule has 0 saturated carbocycles. The number of aliphatic hydroxyl groups excluding tert-OH is 1. The molecule has 1 atom stereocenters. The number of alkyl halides is 3. The Morgan fingerprint density at radius 2 is 1.73 bits per heavy atom. The normalized spacial score (nSPS) is 13.7. The Morgan fingerprint density at radius 3 is 2.13 bits per heavy atom. The highest BCUT2D eigenvalue weighted by Crippen LogP contribution is 2.32. The van der Waals surface area contributed by atoms with Crippen LogP contribution in [0.25, 0.3) is 0 Å². The fourth-order valence-corrected chi connectivity index (χ4v) is 1.48. The number of rotatable bonds is 2. The lowest BCUT2D eigenvalue weighted by atomic mass is 10.1. The summed E-state index contributed by atoms with van der Waals surface area (Å²) >= 11 is 19.5. The first-order chi connectivity index (χ1) is 6.82. The minimum absolute atomic E-state index is 0.289. The minimum atomic E-state index is -2.01. The van der Waals surface area contributed by atoms with Crippen LogP contribution in [0.2, 0.25) is 0 Å². The van der Waals surface area contributed by atoms with Crippen molar-refractivity contribution in [2.24, 2.45) is 0 Å². The summed E-state index contributed by atoms with van der Waals surface area (Å²) in [6, 6.07) is 6.40. The van der Waals surface area contributed by atoms with E-state index in [0.29, 0.717) is 0 Å². The van der Waals surface area contributed by atoms with Crippen LogP contribution < -0.4 is 0 Å². The Labute approximate surface area is 110 Å². The monoisotopic (exact) mass is 330 g/mol. The largest absolute Gasteiger partial charge is 0.380 e. The second kappa shape index (κ2) is 5.02. The molecule has 1 aromatic carbocycles. The van der Waals surface area contributed by atoms with Crippen LogP contribution in [-0.4, -0.2) is 20.8 Å². The third-order valence-corrected chi connectivity index (χ3v) is 2.84. The fraction of sp³-hybridized carbons (Fsp3) is 0.222. The molecule has 0 fully saturated rings. The zero-order valence-electron chi connectivity index (χ0n) is 7.25. The average molecular weight is 332 g/mol. The van der Waals surface area contributed by atoms with Gasteiger partial charge in [-0.15, -0.1) is 0 Å². The smallest absolute Gasteiger partial charge is 0.223 e. The second-order valence-corrected chi connectivity index (χ2v) is 6.10. The number of carbonyl (C=O) groups excluding carboxylic acids is 1. The highest BCUT2D eigenvalue weighted by molar-refractivity contribution is 9.10. The SMILES string of the molecule is O=C(c1ccc(Br)cc1)C(O)C(Cl)(Cl)Cl. The van der Waals surface area contributed by atoms with Gasteiger partial charge in [0.15, 0.2) is 11.9 Å². The molecule has 0 amide bonds. The predicted molar refractivity (Wildman–Crippen MR) is 64.8 cm³/mol. The molecule has 0 aliphatic rings. The zero-order chi connectivity index (χ0) is 11.6. The molecule has 0 bridgehead atoms. The van der Waals surface area contributed by atoms with Crippen LogP contribution in [0.15, 0.2) is 28.7 Å². The van der Waals surface area contributed by atoms with Crippen molar-refractivity contribution in [3.8, 4) is 0 Å². The molecule has 0 aromatic heterocycles. The molecule has 1 aromatic rings. The van der Waals surface area contributed by atoms with Gasteiger partial charge in [-0.1, -0.05) is 62.9 Å². The number of ketones is 1. The molecule has 1 N–H and O–H groups in total. The van der Waals surface area contributed by atoms with Gasteiger partial charge in [-0.25, -0.2) is 0 Å². The number of hydrogen-bond donors (Lipinski definition) is 1. The molecule has 0 saturated heterocycles. The molecule has 0 heterocycles. The fourth-order valence-electron chi connectivity index (χ4n) is 0.921. The molecular weight excluding hydrogens is 326 g/mol. The Kier molecular flexibility index (Phi) is 4.44. The van der Waals surface area contributed by atoms with Gasteiger partial charge in [0.25, 0.3) is 0 Å². The topological polar surface area (TPSA) is 37.3 Å². The summed E-state index contributed by atoms with van der Waals surface area (Å²) in [6.45, 7) is 0. The highest BCUT2D eigenvalue weighted by Gasteiger charge is 2.36. The summed E-state index contributed by atoms with van der Waals surface area (Å²) in [5, 5.41) is 9.42. The lowest BCUT2D eigenvalue weighted by molar-refractivity contribution is 0.0755. The summed E-state index contributed by atoms with van der Waals surface area (Å²) in [4.78, 5) is 11.6. The van der Waals surface area contributed by atoms with Crippen LogP contribution in [0.1, 0.15) is 10.4 Å². The maximum atomic E-state index is 11.6. The van der Waals surface area contributed by atoms with Gasteiger partial charge in [0.05, 0.1) is 0 Å². The van der Waals surface area contributed by atoms with Crippen molar-refractivity contribution in [3.05, 3.63) is 34.3 Å². The van der Waals surface area contributed by atoms with E-state index in [1.807, 2.05) is 0 Å². The van der Waals surface area contributed by atoms with Crippen LogP contribution in [0.3, 0.4) is 0 Å². The van der Waals surface area contributed by atoms with Crippen LogP contribution in [-0.2, 0) is 0 Å². The van der Waals surface area contributed by atoms with Crippen molar-refractivity contribution in [3.63, 3.8) is 0 Å².